The second kappa shape index (κ2) is 8.78. The van der Waals surface area contributed by atoms with Crippen LogP contribution in [0.2, 0.25) is 0 Å². The van der Waals surface area contributed by atoms with Gasteiger partial charge in [0.15, 0.2) is 0 Å². The minimum absolute atomic E-state index is 0.0364. The highest BCUT2D eigenvalue weighted by Gasteiger charge is 2.13. The maximum absolute atomic E-state index is 12.2. The van der Waals surface area contributed by atoms with Crippen LogP contribution >= 0.6 is 11.8 Å². The lowest BCUT2D eigenvalue weighted by Gasteiger charge is -2.13. The SMILES string of the molecule is Cc1ccc(C)c(CS[C@H](C)C(=O)NCCc2ccccc2)c1. The second-order valence-corrected chi connectivity index (χ2v) is 7.24. The molecule has 2 aromatic carbocycles. The summed E-state index contributed by atoms with van der Waals surface area (Å²) in [6.45, 7) is 6.90. The van der Waals surface area contributed by atoms with Gasteiger partial charge in [0.2, 0.25) is 5.91 Å². The van der Waals surface area contributed by atoms with Gasteiger partial charge in [-0.3, -0.25) is 4.79 Å². The lowest BCUT2D eigenvalue weighted by Crippen LogP contribution is -2.32. The molecule has 0 fully saturated rings. The van der Waals surface area contributed by atoms with E-state index < -0.39 is 0 Å². The van der Waals surface area contributed by atoms with Crippen LogP contribution in [0, 0.1) is 13.8 Å². The summed E-state index contributed by atoms with van der Waals surface area (Å²) in [7, 11) is 0. The first-order valence-corrected chi connectivity index (χ1v) is 9.10. The smallest absolute Gasteiger partial charge is 0.232 e. The van der Waals surface area contributed by atoms with Gasteiger partial charge in [-0.1, -0.05) is 54.1 Å². The summed E-state index contributed by atoms with van der Waals surface area (Å²) in [6, 6.07) is 16.7. The Morgan fingerprint density at radius 2 is 1.87 bits per heavy atom. The molecule has 2 nitrogen and oxygen atoms in total. The summed E-state index contributed by atoms with van der Waals surface area (Å²) < 4.78 is 0. The number of hydrogen-bond donors (Lipinski definition) is 1. The average Bonchev–Trinajstić information content (AvgIpc) is 2.56. The van der Waals surface area contributed by atoms with E-state index in [1.807, 2.05) is 25.1 Å². The normalized spacial score (nSPS) is 12.0. The Bertz CT molecular complexity index is 639. The van der Waals surface area contributed by atoms with Crippen LogP contribution in [-0.4, -0.2) is 17.7 Å². The van der Waals surface area contributed by atoms with Crippen molar-refractivity contribution in [2.75, 3.05) is 6.54 Å². The zero-order valence-electron chi connectivity index (χ0n) is 14.1. The fourth-order valence-corrected chi connectivity index (χ4v) is 3.34. The quantitative estimate of drug-likeness (QED) is 0.822. The first-order chi connectivity index (χ1) is 11.1. The van der Waals surface area contributed by atoms with Gasteiger partial charge in [-0.2, -0.15) is 0 Å². The van der Waals surface area contributed by atoms with Crippen molar-refractivity contribution in [2.24, 2.45) is 0 Å². The van der Waals surface area contributed by atoms with Gasteiger partial charge in [0.25, 0.3) is 0 Å². The van der Waals surface area contributed by atoms with Crippen molar-refractivity contribution in [3.05, 3.63) is 70.8 Å². The molecule has 2 aromatic rings. The van der Waals surface area contributed by atoms with Crippen LogP contribution < -0.4 is 5.32 Å². The van der Waals surface area contributed by atoms with Crippen LogP contribution in [0.3, 0.4) is 0 Å². The number of carbonyl (C=O) groups is 1. The van der Waals surface area contributed by atoms with E-state index in [1.54, 1.807) is 11.8 Å². The molecule has 0 saturated heterocycles. The maximum Gasteiger partial charge on any atom is 0.232 e. The molecule has 23 heavy (non-hydrogen) atoms. The van der Waals surface area contributed by atoms with Crippen LogP contribution in [-0.2, 0) is 17.0 Å². The predicted octanol–water partition coefficient (Wildman–Crippen LogP) is 4.28. The zero-order chi connectivity index (χ0) is 16.7. The first kappa shape index (κ1) is 17.6. The average molecular weight is 327 g/mol. The van der Waals surface area contributed by atoms with E-state index in [2.05, 4.69) is 49.5 Å². The molecule has 0 aliphatic rings. The van der Waals surface area contributed by atoms with Gasteiger partial charge in [-0.15, -0.1) is 11.8 Å². The van der Waals surface area contributed by atoms with Gasteiger partial charge in [0, 0.05) is 12.3 Å². The lowest BCUT2D eigenvalue weighted by atomic mass is 10.1. The molecule has 0 bridgehead atoms. The van der Waals surface area contributed by atoms with Gasteiger partial charge >= 0.3 is 0 Å². The summed E-state index contributed by atoms with van der Waals surface area (Å²) in [5.74, 6) is 0.997. The summed E-state index contributed by atoms with van der Waals surface area (Å²) >= 11 is 1.69. The second-order valence-electron chi connectivity index (χ2n) is 5.91. The largest absolute Gasteiger partial charge is 0.355 e. The molecule has 0 heterocycles. The molecule has 1 amide bonds. The standard InChI is InChI=1S/C20H25NOS/c1-15-9-10-16(2)19(13-15)14-23-17(3)20(22)21-12-11-18-7-5-4-6-8-18/h4-10,13,17H,11-12,14H2,1-3H3,(H,21,22)/t17-/m1/s1. The Morgan fingerprint density at radius 1 is 1.13 bits per heavy atom. The first-order valence-electron chi connectivity index (χ1n) is 8.05. The number of aryl methyl sites for hydroxylation is 2. The highest BCUT2D eigenvalue weighted by molar-refractivity contribution is 7.99. The zero-order valence-corrected chi connectivity index (χ0v) is 15.0. The Balaban J connectivity index is 1.75. The minimum atomic E-state index is -0.0364. The third-order valence-electron chi connectivity index (χ3n) is 3.92. The van der Waals surface area contributed by atoms with E-state index in [4.69, 9.17) is 0 Å². The van der Waals surface area contributed by atoms with E-state index in [-0.39, 0.29) is 11.2 Å². The van der Waals surface area contributed by atoms with Gasteiger partial charge in [0.1, 0.15) is 0 Å². The minimum Gasteiger partial charge on any atom is -0.355 e. The number of carbonyl (C=O) groups excluding carboxylic acids is 1. The third-order valence-corrected chi connectivity index (χ3v) is 5.11. The lowest BCUT2D eigenvalue weighted by molar-refractivity contribution is -0.120. The molecule has 0 radical (unpaired) electrons. The Hall–Kier alpha value is -1.74. The van der Waals surface area contributed by atoms with Crippen molar-refractivity contribution in [1.29, 1.82) is 0 Å². The maximum atomic E-state index is 12.2. The van der Waals surface area contributed by atoms with Crippen LogP contribution in [0.4, 0.5) is 0 Å². The van der Waals surface area contributed by atoms with Crippen LogP contribution in [0.5, 0.6) is 0 Å². The molecule has 0 unspecified atom stereocenters. The third kappa shape index (κ3) is 5.76. The number of thioether (sulfide) groups is 1. The fourth-order valence-electron chi connectivity index (χ4n) is 2.36. The van der Waals surface area contributed by atoms with Crippen LogP contribution in [0.25, 0.3) is 0 Å². The number of benzene rings is 2. The molecular weight excluding hydrogens is 302 g/mol. The summed E-state index contributed by atoms with van der Waals surface area (Å²) in [5, 5.41) is 3.00. The van der Waals surface area contributed by atoms with Gasteiger partial charge in [-0.05, 0) is 43.9 Å². The van der Waals surface area contributed by atoms with Gasteiger partial charge < -0.3 is 5.32 Å². The van der Waals surface area contributed by atoms with E-state index in [1.165, 1.54) is 22.3 Å². The molecule has 2 rings (SSSR count). The number of hydrogen-bond acceptors (Lipinski definition) is 2. The topological polar surface area (TPSA) is 29.1 Å². The van der Waals surface area contributed by atoms with Crippen molar-refractivity contribution in [2.45, 2.75) is 38.2 Å². The fraction of sp³-hybridized carbons (Fsp3) is 0.350. The van der Waals surface area contributed by atoms with Crippen molar-refractivity contribution in [3.8, 4) is 0 Å². The van der Waals surface area contributed by atoms with Crippen molar-refractivity contribution in [1.82, 2.24) is 5.32 Å². The van der Waals surface area contributed by atoms with Gasteiger partial charge in [0.05, 0.1) is 5.25 Å². The highest BCUT2D eigenvalue weighted by atomic mass is 32.2. The van der Waals surface area contributed by atoms with E-state index in [0.29, 0.717) is 6.54 Å². The van der Waals surface area contributed by atoms with Crippen molar-refractivity contribution in [3.63, 3.8) is 0 Å². The number of rotatable bonds is 7. The molecule has 0 aromatic heterocycles. The Kier molecular flexibility index (Phi) is 6.72. The molecule has 1 atom stereocenters. The number of amides is 1. The monoisotopic (exact) mass is 327 g/mol. The molecular formula is C20H25NOS. The Labute approximate surface area is 143 Å². The van der Waals surface area contributed by atoms with Crippen LogP contribution in [0.15, 0.2) is 48.5 Å². The summed E-state index contributed by atoms with van der Waals surface area (Å²) in [5.41, 5.74) is 5.13. The number of nitrogens with one attached hydrogen (secondary N) is 1. The van der Waals surface area contributed by atoms with Gasteiger partial charge in [-0.25, -0.2) is 0 Å². The van der Waals surface area contributed by atoms with Crippen LogP contribution in [0.1, 0.15) is 29.2 Å². The molecule has 122 valence electrons. The molecule has 0 aliphatic heterocycles. The highest BCUT2D eigenvalue weighted by Crippen LogP contribution is 2.21. The molecule has 0 saturated carbocycles. The molecule has 0 spiro atoms. The predicted molar refractivity (Wildman–Crippen MR) is 99.8 cm³/mol. The van der Waals surface area contributed by atoms with Crippen molar-refractivity contribution < 1.29 is 4.79 Å². The van der Waals surface area contributed by atoms with E-state index in [0.717, 1.165) is 12.2 Å². The summed E-state index contributed by atoms with van der Waals surface area (Å²) in [4.78, 5) is 12.2. The summed E-state index contributed by atoms with van der Waals surface area (Å²) in [6.07, 6.45) is 0.876. The molecule has 0 aliphatic carbocycles. The Morgan fingerprint density at radius 3 is 2.61 bits per heavy atom. The molecule has 1 N–H and O–H groups in total. The van der Waals surface area contributed by atoms with E-state index in [9.17, 15) is 4.79 Å². The van der Waals surface area contributed by atoms with E-state index >= 15 is 0 Å². The molecule has 3 heteroatoms. The van der Waals surface area contributed by atoms with Crippen molar-refractivity contribution >= 4 is 17.7 Å².